The molecule has 2 aromatic carbocycles. The van der Waals surface area contributed by atoms with Crippen LogP contribution >= 0.6 is 0 Å². The van der Waals surface area contributed by atoms with Crippen molar-refractivity contribution in [3.05, 3.63) is 101 Å². The Labute approximate surface area is 214 Å². The molecule has 10 nitrogen and oxygen atoms in total. The number of aromatic nitrogens is 3. The van der Waals surface area contributed by atoms with Crippen LogP contribution in [0.2, 0.25) is 0 Å². The number of anilines is 4. The van der Waals surface area contributed by atoms with E-state index in [1.807, 2.05) is 77.7 Å². The van der Waals surface area contributed by atoms with Gasteiger partial charge in [-0.1, -0.05) is 36.4 Å². The van der Waals surface area contributed by atoms with E-state index in [2.05, 4.69) is 19.9 Å². The predicted octanol–water partition coefficient (Wildman–Crippen LogP) is 4.45. The van der Waals surface area contributed by atoms with E-state index >= 15 is 0 Å². The van der Waals surface area contributed by atoms with Crippen LogP contribution in [0.25, 0.3) is 0 Å². The summed E-state index contributed by atoms with van der Waals surface area (Å²) in [6, 6.07) is 23.2. The Hall–Kier alpha value is -4.73. The van der Waals surface area contributed by atoms with Gasteiger partial charge in [-0.25, -0.2) is 15.0 Å². The van der Waals surface area contributed by atoms with E-state index in [1.54, 1.807) is 18.2 Å². The quantitative estimate of drug-likeness (QED) is 0.258. The topological polar surface area (TPSA) is 101 Å². The molecule has 4 aromatic rings. The molecule has 5 rings (SSSR count). The lowest BCUT2D eigenvalue weighted by molar-refractivity contribution is -0.383. The lowest BCUT2D eigenvalue weighted by Crippen LogP contribution is -2.47. The minimum atomic E-state index is -0.387. The molecule has 2 aromatic heterocycles. The molecule has 37 heavy (non-hydrogen) atoms. The smallest absolute Gasteiger partial charge is 0.354 e. The molecule has 1 fully saturated rings. The van der Waals surface area contributed by atoms with Crippen LogP contribution in [0.4, 0.5) is 28.8 Å². The summed E-state index contributed by atoms with van der Waals surface area (Å²) < 4.78 is 5.25. The average Bonchev–Trinajstić information content (AvgIpc) is 2.96. The lowest BCUT2D eigenvalue weighted by Gasteiger charge is -2.36. The molecule has 0 radical (unpaired) electrons. The van der Waals surface area contributed by atoms with Gasteiger partial charge < -0.3 is 19.4 Å². The Morgan fingerprint density at radius 1 is 0.892 bits per heavy atom. The third-order valence-corrected chi connectivity index (χ3v) is 6.35. The second-order valence-electron chi connectivity index (χ2n) is 8.56. The highest BCUT2D eigenvalue weighted by atomic mass is 16.6. The van der Waals surface area contributed by atoms with Gasteiger partial charge in [-0.05, 0) is 42.0 Å². The molecule has 1 aliphatic heterocycles. The van der Waals surface area contributed by atoms with Crippen LogP contribution < -0.4 is 19.4 Å². The minimum Gasteiger partial charge on any atom is -0.497 e. The first-order valence-electron chi connectivity index (χ1n) is 12.0. The minimum absolute atomic E-state index is 0.123. The lowest BCUT2D eigenvalue weighted by atomic mass is 10.2. The van der Waals surface area contributed by atoms with Crippen molar-refractivity contribution in [2.24, 2.45) is 0 Å². The third kappa shape index (κ3) is 5.27. The van der Waals surface area contributed by atoms with Crippen molar-refractivity contribution in [3.63, 3.8) is 0 Å². The molecule has 1 aliphatic rings. The number of rotatable bonds is 8. The van der Waals surface area contributed by atoms with Crippen molar-refractivity contribution in [1.29, 1.82) is 0 Å². The number of hydrogen-bond acceptors (Lipinski definition) is 9. The Morgan fingerprint density at radius 3 is 2.24 bits per heavy atom. The van der Waals surface area contributed by atoms with Crippen LogP contribution in [-0.4, -0.2) is 53.2 Å². The van der Waals surface area contributed by atoms with Crippen molar-refractivity contribution in [2.75, 3.05) is 48.0 Å². The normalized spacial score (nSPS) is 13.3. The molecule has 10 heteroatoms. The molecule has 1 saturated heterocycles. The molecule has 0 bridgehead atoms. The number of pyridine rings is 1. The van der Waals surface area contributed by atoms with Gasteiger partial charge in [0.1, 0.15) is 17.9 Å². The molecule has 0 amide bonds. The maximum absolute atomic E-state index is 12.4. The number of nitro groups is 1. The maximum atomic E-state index is 12.4. The van der Waals surface area contributed by atoms with Crippen molar-refractivity contribution >= 4 is 28.8 Å². The molecule has 0 aliphatic carbocycles. The highest BCUT2D eigenvalue weighted by Gasteiger charge is 2.32. The Kier molecular flexibility index (Phi) is 7.07. The van der Waals surface area contributed by atoms with E-state index in [4.69, 9.17) is 4.74 Å². The van der Waals surface area contributed by atoms with Crippen LogP contribution in [-0.2, 0) is 6.54 Å². The van der Waals surface area contributed by atoms with Gasteiger partial charge in [-0.3, -0.25) is 10.1 Å². The molecule has 0 N–H and O–H groups in total. The molecule has 0 unspecified atom stereocenters. The Balaban J connectivity index is 1.45. The first-order chi connectivity index (χ1) is 18.1. The van der Waals surface area contributed by atoms with Crippen LogP contribution in [0, 0.1) is 10.1 Å². The van der Waals surface area contributed by atoms with Gasteiger partial charge in [0.25, 0.3) is 0 Å². The number of hydrogen-bond donors (Lipinski definition) is 0. The van der Waals surface area contributed by atoms with Crippen molar-refractivity contribution < 1.29 is 9.66 Å². The van der Waals surface area contributed by atoms with Crippen LogP contribution in [0.15, 0.2) is 85.3 Å². The molecular formula is C27H27N7O3. The van der Waals surface area contributed by atoms with E-state index < -0.39 is 0 Å². The summed E-state index contributed by atoms with van der Waals surface area (Å²) in [6.45, 7) is 2.96. The maximum Gasteiger partial charge on any atom is 0.354 e. The second-order valence-corrected chi connectivity index (χ2v) is 8.56. The molecule has 0 atom stereocenters. The average molecular weight is 498 g/mol. The monoisotopic (exact) mass is 497 g/mol. The predicted molar refractivity (Wildman–Crippen MR) is 143 cm³/mol. The number of nitrogens with zero attached hydrogens (tertiary/aromatic N) is 7. The van der Waals surface area contributed by atoms with Gasteiger partial charge >= 0.3 is 5.69 Å². The van der Waals surface area contributed by atoms with Crippen molar-refractivity contribution in [3.8, 4) is 5.75 Å². The van der Waals surface area contributed by atoms with Crippen molar-refractivity contribution in [2.45, 2.75) is 6.54 Å². The van der Waals surface area contributed by atoms with Crippen LogP contribution in [0.1, 0.15) is 5.56 Å². The van der Waals surface area contributed by atoms with E-state index in [0.29, 0.717) is 44.4 Å². The fourth-order valence-electron chi connectivity index (χ4n) is 4.47. The number of methoxy groups -OCH3 is 1. The molecule has 188 valence electrons. The number of ether oxygens (including phenoxy) is 1. The summed E-state index contributed by atoms with van der Waals surface area (Å²) >= 11 is 0. The molecule has 3 heterocycles. The SMILES string of the molecule is COc1ccc(N2CCN(c3ncnc(N(Cc4ccccc4)c4ccccn4)c3[N+](=O)[O-])CC2)cc1. The second kappa shape index (κ2) is 10.9. The summed E-state index contributed by atoms with van der Waals surface area (Å²) in [7, 11) is 1.64. The highest BCUT2D eigenvalue weighted by molar-refractivity contribution is 5.75. The van der Waals surface area contributed by atoms with E-state index in [-0.39, 0.29) is 16.4 Å². The third-order valence-electron chi connectivity index (χ3n) is 6.35. The van der Waals surface area contributed by atoms with Gasteiger partial charge in [-0.15, -0.1) is 0 Å². The highest BCUT2D eigenvalue weighted by Crippen LogP contribution is 2.38. The van der Waals surface area contributed by atoms with Gasteiger partial charge in [0.15, 0.2) is 0 Å². The van der Waals surface area contributed by atoms with Gasteiger partial charge in [0.05, 0.1) is 18.6 Å². The van der Waals surface area contributed by atoms with E-state index in [0.717, 1.165) is 17.0 Å². The summed E-state index contributed by atoms with van der Waals surface area (Å²) in [5, 5.41) is 12.4. The van der Waals surface area contributed by atoms with Crippen LogP contribution in [0.5, 0.6) is 5.75 Å². The van der Waals surface area contributed by atoms with Crippen LogP contribution in [0.3, 0.4) is 0 Å². The zero-order chi connectivity index (χ0) is 25.6. The van der Waals surface area contributed by atoms with Gasteiger partial charge in [0, 0.05) is 38.1 Å². The molecular weight excluding hydrogens is 470 g/mol. The Morgan fingerprint density at radius 2 is 1.59 bits per heavy atom. The Bertz CT molecular complexity index is 1330. The summed E-state index contributed by atoms with van der Waals surface area (Å²) in [5.41, 5.74) is 1.94. The summed E-state index contributed by atoms with van der Waals surface area (Å²) in [5.74, 6) is 1.91. The first-order valence-corrected chi connectivity index (χ1v) is 12.0. The van der Waals surface area contributed by atoms with E-state index in [9.17, 15) is 10.1 Å². The molecule has 0 spiro atoms. The standard InChI is InChI=1S/C27H27N7O3/c1-37-23-12-10-22(11-13-23)31-15-17-32(18-16-31)26-25(34(35)36)27(30-20-29-26)33(24-9-5-6-14-28-24)19-21-7-3-2-4-8-21/h2-14,20H,15-19H2,1H3. The first kappa shape index (κ1) is 24.0. The largest absolute Gasteiger partial charge is 0.497 e. The number of benzene rings is 2. The zero-order valence-corrected chi connectivity index (χ0v) is 20.5. The van der Waals surface area contributed by atoms with Crippen molar-refractivity contribution in [1.82, 2.24) is 15.0 Å². The fourth-order valence-corrected chi connectivity index (χ4v) is 4.47. The fraction of sp³-hybridized carbons (Fsp3) is 0.222. The summed E-state index contributed by atoms with van der Waals surface area (Å²) in [4.78, 5) is 31.3. The molecule has 0 saturated carbocycles. The van der Waals surface area contributed by atoms with Gasteiger partial charge in [0.2, 0.25) is 11.6 Å². The van der Waals surface area contributed by atoms with Gasteiger partial charge in [-0.2, -0.15) is 0 Å². The van der Waals surface area contributed by atoms with E-state index in [1.165, 1.54) is 6.33 Å². The number of piperazine rings is 1. The summed E-state index contributed by atoms with van der Waals surface area (Å²) in [6.07, 6.45) is 3.06. The zero-order valence-electron chi connectivity index (χ0n) is 20.5.